The van der Waals surface area contributed by atoms with Crippen molar-refractivity contribution in [1.82, 2.24) is 9.97 Å². The molecule has 0 saturated heterocycles. The van der Waals surface area contributed by atoms with Crippen molar-refractivity contribution in [3.8, 4) is 0 Å². The Bertz CT molecular complexity index is 231. The fourth-order valence-electron chi connectivity index (χ4n) is 1.05. The number of halogens is 3. The average molecular weight is 244 g/mol. The summed E-state index contributed by atoms with van der Waals surface area (Å²) < 4.78 is 0. The SMILES string of the molecule is CCC(c1ncc[nH]1)[Si](Cl)(Cl)Cl. The Morgan fingerprint density at radius 2 is 2.25 bits per heavy atom. The van der Waals surface area contributed by atoms with E-state index in [-0.39, 0.29) is 5.54 Å². The van der Waals surface area contributed by atoms with E-state index >= 15 is 0 Å². The van der Waals surface area contributed by atoms with Crippen molar-refractivity contribution in [3.05, 3.63) is 18.2 Å². The molecular formula is C6H9Cl3N2Si. The maximum atomic E-state index is 5.90. The number of H-pyrrole nitrogens is 1. The molecule has 1 rings (SSSR count). The molecule has 0 amide bonds. The van der Waals surface area contributed by atoms with Crippen LogP contribution in [-0.2, 0) is 0 Å². The number of hydrogen-bond donors (Lipinski definition) is 1. The Labute approximate surface area is 86.4 Å². The van der Waals surface area contributed by atoms with E-state index in [1.807, 2.05) is 6.92 Å². The molecule has 1 atom stereocenters. The molecular weight excluding hydrogens is 235 g/mol. The van der Waals surface area contributed by atoms with Crippen LogP contribution < -0.4 is 0 Å². The molecule has 1 N–H and O–H groups in total. The smallest absolute Gasteiger partial charge is 0.348 e. The lowest BCUT2D eigenvalue weighted by molar-refractivity contribution is 0.812. The van der Waals surface area contributed by atoms with Crippen LogP contribution in [0, 0.1) is 0 Å². The second-order valence-electron chi connectivity index (χ2n) is 2.48. The van der Waals surface area contributed by atoms with Gasteiger partial charge in [0.25, 0.3) is 0 Å². The van der Waals surface area contributed by atoms with E-state index in [2.05, 4.69) is 9.97 Å². The van der Waals surface area contributed by atoms with Gasteiger partial charge in [-0.2, -0.15) is 0 Å². The summed E-state index contributed by atoms with van der Waals surface area (Å²) in [5, 5.41) is 0. The molecule has 1 aromatic rings. The summed E-state index contributed by atoms with van der Waals surface area (Å²) in [7, 11) is 0. The van der Waals surface area contributed by atoms with Crippen molar-refractivity contribution in [2.45, 2.75) is 18.9 Å². The van der Waals surface area contributed by atoms with Gasteiger partial charge in [-0.15, -0.1) is 33.2 Å². The van der Waals surface area contributed by atoms with Crippen molar-refractivity contribution < 1.29 is 0 Å². The summed E-state index contributed by atoms with van der Waals surface area (Å²) in [6.07, 6.45) is 4.21. The van der Waals surface area contributed by atoms with E-state index in [0.717, 1.165) is 12.2 Å². The minimum absolute atomic E-state index is 0.0301. The van der Waals surface area contributed by atoms with Crippen LogP contribution in [0.25, 0.3) is 0 Å². The van der Waals surface area contributed by atoms with Crippen molar-refractivity contribution in [3.63, 3.8) is 0 Å². The van der Waals surface area contributed by atoms with E-state index in [1.165, 1.54) is 0 Å². The Kier molecular flexibility index (Phi) is 3.46. The van der Waals surface area contributed by atoms with E-state index < -0.39 is 6.00 Å². The summed E-state index contributed by atoms with van der Waals surface area (Å²) >= 11 is 17.7. The van der Waals surface area contributed by atoms with Crippen LogP contribution >= 0.6 is 33.2 Å². The number of aromatic amines is 1. The van der Waals surface area contributed by atoms with E-state index in [9.17, 15) is 0 Å². The largest absolute Gasteiger partial charge is 0.351 e. The molecule has 1 unspecified atom stereocenters. The highest BCUT2D eigenvalue weighted by atomic mass is 35.8. The van der Waals surface area contributed by atoms with Crippen molar-refractivity contribution in [2.24, 2.45) is 0 Å². The molecule has 0 fully saturated rings. The number of nitrogens with zero attached hydrogens (tertiary/aromatic N) is 1. The van der Waals surface area contributed by atoms with Crippen molar-refractivity contribution >= 4 is 39.2 Å². The average Bonchev–Trinajstić information content (AvgIpc) is 2.38. The Hall–Kier alpha value is 0.297. The molecule has 0 aliphatic heterocycles. The lowest BCUT2D eigenvalue weighted by Crippen LogP contribution is -2.23. The summed E-state index contributed by atoms with van der Waals surface area (Å²) in [6, 6.07) is -2.67. The molecule has 0 aromatic carbocycles. The molecule has 6 heteroatoms. The zero-order valence-electron chi connectivity index (χ0n) is 6.52. The van der Waals surface area contributed by atoms with Gasteiger partial charge in [-0.25, -0.2) is 4.98 Å². The maximum absolute atomic E-state index is 5.90. The van der Waals surface area contributed by atoms with Gasteiger partial charge in [0.1, 0.15) is 5.82 Å². The third-order valence-electron chi connectivity index (χ3n) is 1.65. The molecule has 68 valence electrons. The van der Waals surface area contributed by atoms with Gasteiger partial charge in [-0.05, 0) is 6.42 Å². The Morgan fingerprint density at radius 1 is 1.58 bits per heavy atom. The Balaban J connectivity index is 2.84. The van der Waals surface area contributed by atoms with Gasteiger partial charge in [0.2, 0.25) is 0 Å². The predicted octanol–water partition coefficient (Wildman–Crippen LogP) is 3.10. The number of aromatic nitrogens is 2. The van der Waals surface area contributed by atoms with Gasteiger partial charge in [0.15, 0.2) is 0 Å². The quantitative estimate of drug-likeness (QED) is 0.641. The number of rotatable bonds is 3. The lowest BCUT2D eigenvalue weighted by atomic mass is 10.3. The van der Waals surface area contributed by atoms with Crippen molar-refractivity contribution in [2.75, 3.05) is 0 Å². The van der Waals surface area contributed by atoms with Gasteiger partial charge in [-0.1, -0.05) is 6.92 Å². The van der Waals surface area contributed by atoms with E-state index in [0.29, 0.717) is 0 Å². The zero-order valence-corrected chi connectivity index (χ0v) is 9.79. The minimum Gasteiger partial charge on any atom is -0.348 e. The van der Waals surface area contributed by atoms with E-state index in [4.69, 9.17) is 33.2 Å². The van der Waals surface area contributed by atoms with Gasteiger partial charge >= 0.3 is 6.00 Å². The Morgan fingerprint density at radius 3 is 2.58 bits per heavy atom. The molecule has 0 radical (unpaired) electrons. The maximum Gasteiger partial charge on any atom is 0.351 e. The lowest BCUT2D eigenvalue weighted by Gasteiger charge is -2.17. The fourth-order valence-corrected chi connectivity index (χ4v) is 4.30. The van der Waals surface area contributed by atoms with E-state index in [1.54, 1.807) is 12.4 Å². The summed E-state index contributed by atoms with van der Waals surface area (Å²) in [4.78, 5) is 7.04. The highest BCUT2D eigenvalue weighted by molar-refractivity contribution is 7.65. The van der Waals surface area contributed by atoms with Crippen LogP contribution in [0.4, 0.5) is 0 Å². The number of hydrogen-bond acceptors (Lipinski definition) is 1. The predicted molar refractivity (Wildman–Crippen MR) is 54.9 cm³/mol. The van der Waals surface area contributed by atoms with Crippen LogP contribution in [0.2, 0.25) is 0 Å². The van der Waals surface area contributed by atoms with Crippen LogP contribution in [0.5, 0.6) is 0 Å². The third kappa shape index (κ3) is 2.39. The molecule has 0 saturated carbocycles. The second kappa shape index (κ2) is 4.00. The fraction of sp³-hybridized carbons (Fsp3) is 0.500. The number of imidazole rings is 1. The second-order valence-corrected chi connectivity index (χ2v) is 11.4. The molecule has 1 aromatic heterocycles. The monoisotopic (exact) mass is 242 g/mol. The first-order chi connectivity index (χ1) is 5.55. The molecule has 1 heterocycles. The van der Waals surface area contributed by atoms with Gasteiger partial charge in [0.05, 0.1) is 5.54 Å². The zero-order chi connectivity index (χ0) is 9.19. The summed E-state index contributed by atoms with van der Waals surface area (Å²) in [5.41, 5.74) is -0.0301. The first-order valence-electron chi connectivity index (χ1n) is 3.61. The molecule has 0 aliphatic carbocycles. The van der Waals surface area contributed by atoms with Gasteiger partial charge in [0, 0.05) is 12.4 Å². The topological polar surface area (TPSA) is 28.7 Å². The first-order valence-corrected chi connectivity index (χ1v) is 8.73. The normalized spacial score (nSPS) is 14.7. The number of nitrogens with one attached hydrogen (secondary N) is 1. The van der Waals surface area contributed by atoms with Gasteiger partial charge < -0.3 is 4.98 Å². The van der Waals surface area contributed by atoms with Crippen LogP contribution in [0.15, 0.2) is 12.4 Å². The highest BCUT2D eigenvalue weighted by Gasteiger charge is 2.38. The van der Waals surface area contributed by atoms with Crippen LogP contribution in [-0.4, -0.2) is 16.0 Å². The molecule has 12 heavy (non-hydrogen) atoms. The van der Waals surface area contributed by atoms with Crippen LogP contribution in [0.3, 0.4) is 0 Å². The van der Waals surface area contributed by atoms with Gasteiger partial charge in [-0.3, -0.25) is 0 Å². The summed E-state index contributed by atoms with van der Waals surface area (Å²) in [5.74, 6) is 0.782. The summed E-state index contributed by atoms with van der Waals surface area (Å²) in [6.45, 7) is 1.99. The highest BCUT2D eigenvalue weighted by Crippen LogP contribution is 2.37. The molecule has 0 spiro atoms. The van der Waals surface area contributed by atoms with Crippen LogP contribution in [0.1, 0.15) is 24.7 Å². The molecule has 0 aliphatic rings. The minimum atomic E-state index is -2.67. The van der Waals surface area contributed by atoms with Crippen molar-refractivity contribution in [1.29, 1.82) is 0 Å². The third-order valence-corrected chi connectivity index (χ3v) is 5.50. The molecule has 2 nitrogen and oxygen atoms in total. The first kappa shape index (κ1) is 10.4. The molecule has 0 bridgehead atoms. The standard InChI is InChI=1S/C6H9Cl3N2Si/c1-2-5(12(7,8)9)6-10-3-4-11-6/h3-5H,2H2,1H3,(H,10,11).